The highest BCUT2D eigenvalue weighted by atomic mass is 16.2. The van der Waals surface area contributed by atoms with Gasteiger partial charge in [-0.25, -0.2) is 0 Å². The molecule has 144 valence electrons. The van der Waals surface area contributed by atoms with E-state index in [1.165, 1.54) is 19.3 Å². The van der Waals surface area contributed by atoms with E-state index in [4.69, 9.17) is 5.73 Å². The first-order chi connectivity index (χ1) is 12.6. The molecule has 0 spiro atoms. The second kappa shape index (κ2) is 8.98. The van der Waals surface area contributed by atoms with Crippen LogP contribution in [-0.2, 0) is 11.2 Å². The number of nitrogens with one attached hydrogen (secondary N) is 1. The number of nitrogens with zero attached hydrogens (tertiary/aromatic N) is 2. The molecule has 2 heterocycles. The van der Waals surface area contributed by atoms with Gasteiger partial charge in [-0.15, -0.1) is 0 Å². The quantitative estimate of drug-likeness (QED) is 0.811. The lowest BCUT2D eigenvalue weighted by Gasteiger charge is -2.50. The number of nitrogens with two attached hydrogens (primary N) is 1. The molecule has 26 heavy (non-hydrogen) atoms. The van der Waals surface area contributed by atoms with Gasteiger partial charge in [-0.2, -0.15) is 0 Å². The fourth-order valence-electron chi connectivity index (χ4n) is 4.35. The fraction of sp³-hybridized carbons (Fsp3) is 0.667. The highest BCUT2D eigenvalue weighted by Gasteiger charge is 2.40. The molecule has 0 saturated carbocycles. The Balaban J connectivity index is 1.59. The Morgan fingerprint density at radius 1 is 1.12 bits per heavy atom. The van der Waals surface area contributed by atoms with Gasteiger partial charge in [0.05, 0.1) is 6.04 Å². The third-order valence-corrected chi connectivity index (χ3v) is 6.17. The Morgan fingerprint density at radius 2 is 1.77 bits per heavy atom. The van der Waals surface area contributed by atoms with Gasteiger partial charge in [0, 0.05) is 12.1 Å². The monoisotopic (exact) mass is 358 g/mol. The number of amides is 1. The van der Waals surface area contributed by atoms with Gasteiger partial charge in [-0.3, -0.25) is 9.69 Å². The molecule has 1 unspecified atom stereocenters. The molecule has 1 amide bonds. The number of rotatable bonds is 6. The summed E-state index contributed by atoms with van der Waals surface area (Å²) in [5, 5.41) is 3.20. The average Bonchev–Trinajstić information content (AvgIpc) is 2.69. The molecule has 3 N–H and O–H groups in total. The van der Waals surface area contributed by atoms with Crippen molar-refractivity contribution < 1.29 is 4.79 Å². The van der Waals surface area contributed by atoms with Crippen LogP contribution in [0.15, 0.2) is 30.3 Å². The van der Waals surface area contributed by atoms with Crippen molar-refractivity contribution in [1.29, 1.82) is 0 Å². The first-order valence-corrected chi connectivity index (χ1v) is 10.1. The minimum atomic E-state index is -0.484. The van der Waals surface area contributed by atoms with Crippen LogP contribution in [0.4, 0.5) is 0 Å². The number of hydrogen-bond donors (Lipinski definition) is 2. The van der Waals surface area contributed by atoms with E-state index in [0.29, 0.717) is 6.42 Å². The standard InChI is InChI=1S/C21H34N4O/c1-24-14-10-21(11-15-24,25-12-6-3-7-13-25)17-23-20(26)19(22)16-18-8-4-2-5-9-18/h2,4-5,8-9,19H,3,6-7,10-17,22H2,1H3,(H,23,26). The van der Waals surface area contributed by atoms with Gasteiger partial charge in [-0.05, 0) is 70.9 Å². The summed E-state index contributed by atoms with van der Waals surface area (Å²) in [5.74, 6) is -0.0239. The van der Waals surface area contributed by atoms with E-state index in [-0.39, 0.29) is 11.4 Å². The third-order valence-electron chi connectivity index (χ3n) is 6.17. The lowest BCUT2D eigenvalue weighted by Crippen LogP contribution is -2.62. The molecule has 0 aliphatic carbocycles. The largest absolute Gasteiger partial charge is 0.353 e. The van der Waals surface area contributed by atoms with Crippen molar-refractivity contribution in [1.82, 2.24) is 15.1 Å². The van der Waals surface area contributed by atoms with E-state index < -0.39 is 6.04 Å². The van der Waals surface area contributed by atoms with Crippen LogP contribution in [0, 0.1) is 0 Å². The molecule has 0 bridgehead atoms. The predicted octanol–water partition coefficient (Wildman–Crippen LogP) is 1.62. The Labute approximate surface area is 157 Å². The molecular formula is C21H34N4O. The van der Waals surface area contributed by atoms with E-state index in [9.17, 15) is 4.79 Å². The van der Waals surface area contributed by atoms with Gasteiger partial charge < -0.3 is 16.0 Å². The van der Waals surface area contributed by atoms with E-state index in [2.05, 4.69) is 22.2 Å². The molecule has 1 atom stereocenters. The normalized spacial score (nSPS) is 22.7. The minimum Gasteiger partial charge on any atom is -0.353 e. The maximum absolute atomic E-state index is 12.6. The van der Waals surface area contributed by atoms with Gasteiger partial charge in [-0.1, -0.05) is 36.8 Å². The summed E-state index contributed by atoms with van der Waals surface area (Å²) in [4.78, 5) is 17.7. The van der Waals surface area contributed by atoms with E-state index in [1.807, 2.05) is 30.3 Å². The number of hydrogen-bond acceptors (Lipinski definition) is 4. The molecular weight excluding hydrogens is 324 g/mol. The molecule has 2 aliphatic heterocycles. The predicted molar refractivity (Wildman–Crippen MR) is 106 cm³/mol. The lowest BCUT2D eigenvalue weighted by atomic mass is 9.84. The van der Waals surface area contributed by atoms with E-state index >= 15 is 0 Å². The van der Waals surface area contributed by atoms with Crippen LogP contribution in [0.25, 0.3) is 0 Å². The summed E-state index contributed by atoms with van der Waals surface area (Å²) in [6.07, 6.45) is 6.72. The summed E-state index contributed by atoms with van der Waals surface area (Å²) in [6, 6.07) is 9.53. The van der Waals surface area contributed by atoms with Crippen molar-refractivity contribution in [3.8, 4) is 0 Å². The van der Waals surface area contributed by atoms with Crippen LogP contribution in [0.2, 0.25) is 0 Å². The van der Waals surface area contributed by atoms with Gasteiger partial charge in [0.1, 0.15) is 0 Å². The maximum atomic E-state index is 12.6. The average molecular weight is 359 g/mol. The summed E-state index contributed by atoms with van der Waals surface area (Å²) in [5.41, 5.74) is 7.39. The highest BCUT2D eigenvalue weighted by Crippen LogP contribution is 2.30. The zero-order valence-electron chi connectivity index (χ0n) is 16.1. The number of benzene rings is 1. The Morgan fingerprint density at radius 3 is 2.42 bits per heavy atom. The van der Waals surface area contributed by atoms with E-state index in [1.54, 1.807) is 0 Å². The van der Waals surface area contributed by atoms with Gasteiger partial charge >= 0.3 is 0 Å². The Kier molecular flexibility index (Phi) is 6.68. The van der Waals surface area contributed by atoms with Gasteiger partial charge in [0.15, 0.2) is 0 Å². The molecule has 5 nitrogen and oxygen atoms in total. The van der Waals surface area contributed by atoms with Crippen LogP contribution in [0.5, 0.6) is 0 Å². The first kappa shape index (κ1) is 19.3. The van der Waals surface area contributed by atoms with Crippen LogP contribution in [-0.4, -0.2) is 67.1 Å². The molecule has 3 rings (SSSR count). The summed E-state index contributed by atoms with van der Waals surface area (Å²) in [7, 11) is 2.19. The molecule has 1 aromatic rings. The summed E-state index contributed by atoms with van der Waals surface area (Å²) >= 11 is 0. The Hall–Kier alpha value is -1.43. The Bertz CT molecular complexity index is 563. The van der Waals surface area contributed by atoms with Crippen molar-refractivity contribution in [2.24, 2.45) is 5.73 Å². The van der Waals surface area contributed by atoms with Gasteiger partial charge in [0.2, 0.25) is 5.91 Å². The fourth-order valence-corrected chi connectivity index (χ4v) is 4.35. The topological polar surface area (TPSA) is 61.6 Å². The molecule has 2 aliphatic rings. The van der Waals surface area contributed by atoms with E-state index in [0.717, 1.165) is 51.1 Å². The minimum absolute atomic E-state index is 0.0239. The molecule has 5 heteroatoms. The van der Waals surface area contributed by atoms with Crippen molar-refractivity contribution in [2.45, 2.75) is 50.1 Å². The van der Waals surface area contributed by atoms with Crippen molar-refractivity contribution in [2.75, 3.05) is 39.8 Å². The molecule has 1 aromatic carbocycles. The highest BCUT2D eigenvalue weighted by molar-refractivity contribution is 5.81. The molecule has 0 radical (unpaired) electrons. The first-order valence-electron chi connectivity index (χ1n) is 10.1. The zero-order valence-corrected chi connectivity index (χ0v) is 16.1. The summed E-state index contributed by atoms with van der Waals surface area (Å²) < 4.78 is 0. The second-order valence-corrected chi connectivity index (χ2v) is 8.09. The molecule has 0 aromatic heterocycles. The SMILES string of the molecule is CN1CCC(CNC(=O)C(N)Cc2ccccc2)(N2CCCCC2)CC1. The van der Waals surface area contributed by atoms with Crippen molar-refractivity contribution >= 4 is 5.91 Å². The second-order valence-electron chi connectivity index (χ2n) is 8.09. The molecule has 2 saturated heterocycles. The number of piperidine rings is 2. The smallest absolute Gasteiger partial charge is 0.237 e. The van der Waals surface area contributed by atoms with Crippen LogP contribution >= 0.6 is 0 Å². The number of carbonyl (C=O) groups excluding carboxylic acids is 1. The van der Waals surface area contributed by atoms with Crippen LogP contribution in [0.1, 0.15) is 37.7 Å². The van der Waals surface area contributed by atoms with Gasteiger partial charge in [0.25, 0.3) is 0 Å². The van der Waals surface area contributed by atoms with Crippen LogP contribution in [0.3, 0.4) is 0 Å². The molecule has 2 fully saturated rings. The summed E-state index contributed by atoms with van der Waals surface area (Å²) in [6.45, 7) is 5.25. The zero-order chi connectivity index (χ0) is 18.4. The third kappa shape index (κ3) is 4.84. The van der Waals surface area contributed by atoms with Crippen molar-refractivity contribution in [3.63, 3.8) is 0 Å². The number of carbonyl (C=O) groups is 1. The number of likely N-dealkylation sites (tertiary alicyclic amines) is 2. The van der Waals surface area contributed by atoms with Crippen molar-refractivity contribution in [3.05, 3.63) is 35.9 Å². The maximum Gasteiger partial charge on any atom is 0.237 e. The van der Waals surface area contributed by atoms with Crippen LogP contribution < -0.4 is 11.1 Å². The lowest BCUT2D eigenvalue weighted by molar-refractivity contribution is -0.123.